The van der Waals surface area contributed by atoms with Gasteiger partial charge in [-0.25, -0.2) is 4.79 Å². The second-order valence-corrected chi connectivity index (χ2v) is 8.01. The van der Waals surface area contributed by atoms with Crippen LogP contribution in [0.1, 0.15) is 72.1 Å². The minimum atomic E-state index is -0.571. The molecule has 2 rings (SSSR count). The molecule has 1 saturated carbocycles. The van der Waals surface area contributed by atoms with E-state index in [1.54, 1.807) is 4.90 Å². The minimum Gasteiger partial charge on any atom is -0.383 e. The third-order valence-electron chi connectivity index (χ3n) is 5.37. The molecule has 0 spiro atoms. The number of nitrogens with zero attached hydrogens (tertiary/aromatic N) is 2. The van der Waals surface area contributed by atoms with Crippen LogP contribution in [0, 0.1) is 11.8 Å². The molecular weight excluding hydrogens is 344 g/mol. The number of carbonyl (C=O) groups excluding carboxylic acids is 1. The van der Waals surface area contributed by atoms with E-state index in [4.69, 9.17) is 5.73 Å². The molecule has 0 aromatic carbocycles. The summed E-state index contributed by atoms with van der Waals surface area (Å²) in [5.41, 5.74) is 5.31. The van der Waals surface area contributed by atoms with E-state index in [9.17, 15) is 14.4 Å². The number of nitrogens with one attached hydrogen (secondary N) is 1. The molecule has 7 nitrogen and oxygen atoms in total. The van der Waals surface area contributed by atoms with Crippen LogP contribution < -0.4 is 21.9 Å². The Balaban J connectivity index is 2.45. The van der Waals surface area contributed by atoms with Crippen LogP contribution in [0.15, 0.2) is 9.59 Å². The number of amides is 1. The Kier molecular flexibility index (Phi) is 7.68. The van der Waals surface area contributed by atoms with Crippen molar-refractivity contribution in [2.24, 2.45) is 11.8 Å². The number of H-pyrrole nitrogens is 1. The van der Waals surface area contributed by atoms with Crippen LogP contribution >= 0.6 is 0 Å². The normalized spacial score (nSPS) is 15.3. The molecule has 1 amide bonds. The van der Waals surface area contributed by atoms with Gasteiger partial charge in [0.25, 0.3) is 5.56 Å². The van der Waals surface area contributed by atoms with E-state index in [0.29, 0.717) is 19.0 Å². The predicted molar refractivity (Wildman–Crippen MR) is 109 cm³/mol. The molecule has 0 bridgehead atoms. The van der Waals surface area contributed by atoms with E-state index >= 15 is 0 Å². The number of hydrogen-bond acceptors (Lipinski definition) is 4. The van der Waals surface area contributed by atoms with Gasteiger partial charge in [0.1, 0.15) is 5.82 Å². The monoisotopic (exact) mass is 378 g/mol. The van der Waals surface area contributed by atoms with Crippen LogP contribution in [0.5, 0.6) is 0 Å². The standard InChI is InChI=1S/C20H34N4O3/c1-4-5-12-24-17(21)16(18(25)22-20(24)27)23(13-11-14(2)3)19(26)15-9-7-6-8-10-15/h14-15H,4-13,21H2,1-3H3,(H,22,25,27). The summed E-state index contributed by atoms with van der Waals surface area (Å²) in [5.74, 6) is 0.386. The van der Waals surface area contributed by atoms with Gasteiger partial charge in [0.05, 0.1) is 0 Å². The first-order chi connectivity index (χ1) is 12.9. The molecule has 0 radical (unpaired) electrons. The van der Waals surface area contributed by atoms with Gasteiger partial charge in [-0.15, -0.1) is 0 Å². The Labute approximate surface area is 160 Å². The first kappa shape index (κ1) is 21.3. The third kappa shape index (κ3) is 5.23. The van der Waals surface area contributed by atoms with E-state index in [1.165, 1.54) is 4.57 Å². The van der Waals surface area contributed by atoms with Crippen molar-refractivity contribution in [3.63, 3.8) is 0 Å². The topological polar surface area (TPSA) is 101 Å². The molecule has 0 saturated heterocycles. The van der Waals surface area contributed by atoms with Crippen molar-refractivity contribution < 1.29 is 4.79 Å². The lowest BCUT2D eigenvalue weighted by molar-refractivity contribution is -0.123. The summed E-state index contributed by atoms with van der Waals surface area (Å²) in [6, 6.07) is 0. The van der Waals surface area contributed by atoms with Crippen molar-refractivity contribution in [3.8, 4) is 0 Å². The molecule has 0 atom stereocenters. The molecule has 1 aromatic rings. The molecule has 3 N–H and O–H groups in total. The van der Waals surface area contributed by atoms with E-state index in [-0.39, 0.29) is 23.3 Å². The van der Waals surface area contributed by atoms with E-state index in [1.807, 2.05) is 6.92 Å². The molecule has 1 aliphatic rings. The van der Waals surface area contributed by atoms with Crippen molar-refractivity contribution in [2.75, 3.05) is 17.2 Å². The second kappa shape index (κ2) is 9.76. The molecule has 1 aromatic heterocycles. The summed E-state index contributed by atoms with van der Waals surface area (Å²) in [7, 11) is 0. The number of rotatable bonds is 8. The Bertz CT molecular complexity index is 745. The van der Waals surface area contributed by atoms with Crippen LogP contribution in [0.2, 0.25) is 0 Å². The van der Waals surface area contributed by atoms with E-state index in [0.717, 1.165) is 51.4 Å². The SMILES string of the molecule is CCCCn1c(N)c(N(CCC(C)C)C(=O)C2CCCCC2)c(=O)[nH]c1=O. The maximum Gasteiger partial charge on any atom is 0.330 e. The van der Waals surface area contributed by atoms with Gasteiger partial charge in [-0.3, -0.25) is 19.1 Å². The number of hydrogen-bond donors (Lipinski definition) is 2. The van der Waals surface area contributed by atoms with Crippen molar-refractivity contribution in [2.45, 2.75) is 78.7 Å². The largest absolute Gasteiger partial charge is 0.383 e. The highest BCUT2D eigenvalue weighted by atomic mass is 16.2. The Morgan fingerprint density at radius 1 is 1.26 bits per heavy atom. The quantitative estimate of drug-likeness (QED) is 0.726. The summed E-state index contributed by atoms with van der Waals surface area (Å²) < 4.78 is 1.39. The zero-order valence-corrected chi connectivity index (χ0v) is 16.9. The molecule has 1 heterocycles. The molecule has 0 unspecified atom stereocenters. The highest BCUT2D eigenvalue weighted by molar-refractivity contribution is 5.97. The predicted octanol–water partition coefficient (Wildman–Crippen LogP) is 2.88. The fourth-order valence-electron chi connectivity index (χ4n) is 3.67. The van der Waals surface area contributed by atoms with Crippen LogP contribution in [0.3, 0.4) is 0 Å². The Hall–Kier alpha value is -2.05. The summed E-state index contributed by atoms with van der Waals surface area (Å²) >= 11 is 0. The lowest BCUT2D eigenvalue weighted by Crippen LogP contribution is -2.44. The van der Waals surface area contributed by atoms with Gasteiger partial charge in [0, 0.05) is 19.0 Å². The molecule has 152 valence electrons. The smallest absolute Gasteiger partial charge is 0.330 e. The van der Waals surface area contributed by atoms with Crippen molar-refractivity contribution >= 4 is 17.4 Å². The lowest BCUT2D eigenvalue weighted by Gasteiger charge is -2.30. The number of unbranched alkanes of at least 4 members (excludes halogenated alkanes) is 1. The Morgan fingerprint density at radius 2 is 1.93 bits per heavy atom. The average molecular weight is 379 g/mol. The number of nitrogen functional groups attached to an aromatic ring is 1. The Morgan fingerprint density at radius 3 is 2.52 bits per heavy atom. The number of nitrogens with two attached hydrogens (primary N) is 1. The molecule has 0 aliphatic heterocycles. The molecule has 1 aliphatic carbocycles. The number of aromatic amines is 1. The van der Waals surface area contributed by atoms with Gasteiger partial charge in [-0.05, 0) is 31.6 Å². The van der Waals surface area contributed by atoms with Crippen LogP contribution in [-0.4, -0.2) is 22.0 Å². The maximum atomic E-state index is 13.3. The van der Waals surface area contributed by atoms with Gasteiger partial charge in [-0.1, -0.05) is 46.5 Å². The molecule has 27 heavy (non-hydrogen) atoms. The highest BCUT2D eigenvalue weighted by Crippen LogP contribution is 2.28. The fourth-order valence-corrected chi connectivity index (χ4v) is 3.67. The molecule has 7 heteroatoms. The summed E-state index contributed by atoms with van der Waals surface area (Å²) in [4.78, 5) is 42.0. The minimum absolute atomic E-state index is 0.0340. The summed E-state index contributed by atoms with van der Waals surface area (Å²) in [6.45, 7) is 7.06. The summed E-state index contributed by atoms with van der Waals surface area (Å²) in [6.07, 6.45) is 7.38. The van der Waals surface area contributed by atoms with Gasteiger partial charge in [0.2, 0.25) is 5.91 Å². The zero-order chi connectivity index (χ0) is 20.0. The van der Waals surface area contributed by atoms with Gasteiger partial charge < -0.3 is 10.6 Å². The number of aromatic nitrogens is 2. The zero-order valence-electron chi connectivity index (χ0n) is 16.9. The van der Waals surface area contributed by atoms with Crippen LogP contribution in [0.4, 0.5) is 11.5 Å². The first-order valence-corrected chi connectivity index (χ1v) is 10.3. The lowest BCUT2D eigenvalue weighted by atomic mass is 9.88. The number of carbonyl (C=O) groups is 1. The molecule has 1 fully saturated rings. The maximum absolute atomic E-state index is 13.3. The summed E-state index contributed by atoms with van der Waals surface area (Å²) in [5, 5.41) is 0. The van der Waals surface area contributed by atoms with Gasteiger partial charge in [0.15, 0.2) is 5.69 Å². The fraction of sp³-hybridized carbons (Fsp3) is 0.750. The van der Waals surface area contributed by atoms with Gasteiger partial charge in [-0.2, -0.15) is 0 Å². The van der Waals surface area contributed by atoms with Crippen molar-refractivity contribution in [1.29, 1.82) is 0 Å². The highest BCUT2D eigenvalue weighted by Gasteiger charge is 2.30. The average Bonchev–Trinajstić information content (AvgIpc) is 2.64. The van der Waals surface area contributed by atoms with E-state index < -0.39 is 11.2 Å². The van der Waals surface area contributed by atoms with Crippen LogP contribution in [-0.2, 0) is 11.3 Å². The van der Waals surface area contributed by atoms with Crippen molar-refractivity contribution in [3.05, 3.63) is 20.8 Å². The number of anilines is 2. The van der Waals surface area contributed by atoms with Crippen molar-refractivity contribution in [1.82, 2.24) is 9.55 Å². The molecular formula is C20H34N4O3. The van der Waals surface area contributed by atoms with Crippen LogP contribution in [0.25, 0.3) is 0 Å². The van der Waals surface area contributed by atoms with Gasteiger partial charge >= 0.3 is 5.69 Å². The third-order valence-corrected chi connectivity index (χ3v) is 5.37. The second-order valence-electron chi connectivity index (χ2n) is 8.01. The van der Waals surface area contributed by atoms with E-state index in [2.05, 4.69) is 18.8 Å². The first-order valence-electron chi connectivity index (χ1n) is 10.3.